The molecule has 7 heteroatoms. The molecule has 0 amide bonds. The number of pyridine rings is 1. The van der Waals surface area contributed by atoms with E-state index in [-0.39, 0.29) is 11.0 Å². The Morgan fingerprint density at radius 1 is 1.12 bits per heavy atom. The fourth-order valence-corrected chi connectivity index (χ4v) is 2.23. The smallest absolute Gasteiger partial charge is 0.365 e. The van der Waals surface area contributed by atoms with Crippen molar-refractivity contribution in [2.45, 2.75) is 0 Å². The molecular formula is C9H8N2O4S. The van der Waals surface area contributed by atoms with E-state index < -0.39 is 10.3 Å². The summed E-state index contributed by atoms with van der Waals surface area (Å²) >= 11 is 0. The number of aromatic nitrogens is 1. The quantitative estimate of drug-likeness (QED) is 0.433. The van der Waals surface area contributed by atoms with Crippen molar-refractivity contribution in [1.82, 2.24) is 3.97 Å². The number of benzene rings is 1. The van der Waals surface area contributed by atoms with Gasteiger partial charge in [0.2, 0.25) is 0 Å². The molecule has 6 nitrogen and oxygen atoms in total. The predicted molar refractivity (Wildman–Crippen MR) is 56.2 cm³/mol. The molecule has 2 N–H and O–H groups in total. The maximum Gasteiger partial charge on any atom is 0.365 e. The lowest BCUT2D eigenvalue weighted by atomic mass is 10.2. The third-order valence-corrected chi connectivity index (χ3v) is 2.95. The molecule has 2 rings (SSSR count). The van der Waals surface area contributed by atoms with Crippen molar-refractivity contribution >= 4 is 21.2 Å². The van der Waals surface area contributed by atoms with Crippen molar-refractivity contribution in [3.63, 3.8) is 0 Å². The van der Waals surface area contributed by atoms with Crippen LogP contribution in [0.3, 0.4) is 0 Å². The summed E-state index contributed by atoms with van der Waals surface area (Å²) < 4.78 is 32.0. The van der Waals surface area contributed by atoms with E-state index in [1.165, 1.54) is 12.1 Å². The van der Waals surface area contributed by atoms with Gasteiger partial charge in [0, 0.05) is 0 Å². The summed E-state index contributed by atoms with van der Waals surface area (Å²) in [6.07, 6.45) is 0. The number of fused-ring (bicyclic) bond motifs is 1. The molecule has 1 heterocycles. The number of nitrogens with zero attached hydrogens (tertiary/aromatic N) is 2. The molecule has 0 aliphatic heterocycles. The SMILES string of the molecule is O=S(=O)(O)n1/c(=N/O)ccc2ccccc21. The fourth-order valence-electron chi connectivity index (χ4n) is 1.49. The van der Waals surface area contributed by atoms with Crippen LogP contribution in [0, 0.1) is 0 Å². The van der Waals surface area contributed by atoms with Crippen molar-refractivity contribution < 1.29 is 18.2 Å². The monoisotopic (exact) mass is 240 g/mol. The highest BCUT2D eigenvalue weighted by atomic mass is 32.2. The summed E-state index contributed by atoms with van der Waals surface area (Å²) in [4.78, 5) is 0. The zero-order valence-corrected chi connectivity index (χ0v) is 8.79. The summed E-state index contributed by atoms with van der Waals surface area (Å²) in [6.45, 7) is 0. The minimum Gasteiger partial charge on any atom is -0.409 e. The van der Waals surface area contributed by atoms with Gasteiger partial charge in [0.25, 0.3) is 0 Å². The van der Waals surface area contributed by atoms with Gasteiger partial charge in [-0.2, -0.15) is 12.4 Å². The molecule has 84 valence electrons. The Labute approximate surface area is 91.0 Å². The van der Waals surface area contributed by atoms with Crippen molar-refractivity contribution in [2.75, 3.05) is 0 Å². The maximum absolute atomic E-state index is 11.2. The molecule has 0 unspecified atom stereocenters. The minimum absolute atomic E-state index is 0.236. The van der Waals surface area contributed by atoms with Gasteiger partial charge < -0.3 is 5.21 Å². The molecule has 0 radical (unpaired) electrons. The number of rotatable bonds is 1. The van der Waals surface area contributed by atoms with Crippen molar-refractivity contribution in [2.24, 2.45) is 5.16 Å². The number of hydrogen-bond donors (Lipinski definition) is 2. The van der Waals surface area contributed by atoms with Crippen LogP contribution in [-0.4, -0.2) is 22.2 Å². The van der Waals surface area contributed by atoms with Crippen LogP contribution in [0.4, 0.5) is 0 Å². The van der Waals surface area contributed by atoms with Gasteiger partial charge in [-0.3, -0.25) is 4.55 Å². The van der Waals surface area contributed by atoms with Crippen LogP contribution in [0.25, 0.3) is 10.9 Å². The highest BCUT2D eigenvalue weighted by molar-refractivity contribution is 7.84. The third-order valence-electron chi connectivity index (χ3n) is 2.11. The second-order valence-electron chi connectivity index (χ2n) is 3.09. The van der Waals surface area contributed by atoms with Gasteiger partial charge >= 0.3 is 10.3 Å². The largest absolute Gasteiger partial charge is 0.409 e. The Morgan fingerprint density at radius 3 is 2.44 bits per heavy atom. The van der Waals surface area contributed by atoms with Gasteiger partial charge in [-0.1, -0.05) is 23.4 Å². The van der Waals surface area contributed by atoms with Crippen molar-refractivity contribution in [1.29, 1.82) is 0 Å². The Bertz CT molecular complexity index is 703. The lowest BCUT2D eigenvalue weighted by Gasteiger charge is -2.06. The van der Waals surface area contributed by atoms with Crippen LogP contribution in [0.15, 0.2) is 41.6 Å². The fraction of sp³-hybridized carbons (Fsp3) is 0. The van der Waals surface area contributed by atoms with E-state index in [9.17, 15) is 8.42 Å². The summed E-state index contributed by atoms with van der Waals surface area (Å²) in [6, 6.07) is 9.40. The van der Waals surface area contributed by atoms with Gasteiger partial charge in [-0.15, -0.1) is 0 Å². The molecule has 16 heavy (non-hydrogen) atoms. The normalized spacial score (nSPS) is 13.2. The van der Waals surface area contributed by atoms with E-state index >= 15 is 0 Å². The predicted octanol–water partition coefficient (Wildman–Crippen LogP) is 0.582. The van der Waals surface area contributed by atoms with E-state index in [2.05, 4.69) is 5.16 Å². The van der Waals surface area contributed by atoms with Gasteiger partial charge in [0.1, 0.15) is 0 Å². The Balaban J connectivity index is 3.08. The van der Waals surface area contributed by atoms with Crippen LogP contribution < -0.4 is 5.49 Å². The van der Waals surface area contributed by atoms with Crippen LogP contribution in [0.5, 0.6) is 0 Å². The van der Waals surface area contributed by atoms with Crippen molar-refractivity contribution in [3.8, 4) is 0 Å². The molecule has 0 aliphatic carbocycles. The second kappa shape index (κ2) is 3.62. The third kappa shape index (κ3) is 1.66. The lowest BCUT2D eigenvalue weighted by Crippen LogP contribution is -2.27. The Kier molecular flexibility index (Phi) is 2.41. The summed E-state index contributed by atoms with van der Waals surface area (Å²) in [5, 5.41) is 12.1. The van der Waals surface area contributed by atoms with Crippen LogP contribution in [0.2, 0.25) is 0 Å². The van der Waals surface area contributed by atoms with Gasteiger partial charge in [-0.25, -0.2) is 0 Å². The first-order valence-electron chi connectivity index (χ1n) is 4.31. The number of hydrogen-bond acceptors (Lipinski definition) is 4. The molecule has 0 spiro atoms. The Hall–Kier alpha value is -1.86. The van der Waals surface area contributed by atoms with E-state index in [1.54, 1.807) is 24.3 Å². The van der Waals surface area contributed by atoms with Gasteiger partial charge in [0.05, 0.1) is 5.52 Å². The van der Waals surface area contributed by atoms with E-state index in [0.717, 1.165) is 0 Å². The van der Waals surface area contributed by atoms with Crippen LogP contribution in [0.1, 0.15) is 0 Å². The molecule has 0 saturated carbocycles. The lowest BCUT2D eigenvalue weighted by molar-refractivity contribution is 0.296. The second-order valence-corrected chi connectivity index (χ2v) is 4.35. The number of para-hydroxylation sites is 1. The minimum atomic E-state index is -4.51. The molecule has 0 atom stereocenters. The Morgan fingerprint density at radius 2 is 1.81 bits per heavy atom. The summed E-state index contributed by atoms with van der Waals surface area (Å²) in [5.74, 6) is 0. The molecule has 2 aromatic rings. The molecule has 0 aliphatic rings. The highest BCUT2D eigenvalue weighted by Crippen LogP contribution is 2.11. The van der Waals surface area contributed by atoms with Crippen molar-refractivity contribution in [3.05, 3.63) is 41.9 Å². The standard InChI is InChI=1S/C9H8N2O4S/c12-10-9-6-5-7-3-1-2-4-8(7)11(9)16(13,14)15/h1-6,12H,(H,13,14,15)/b10-9+. The maximum atomic E-state index is 11.2. The van der Waals surface area contributed by atoms with Crippen LogP contribution >= 0.6 is 0 Å². The first-order chi connectivity index (χ1) is 7.54. The zero-order valence-electron chi connectivity index (χ0n) is 7.98. The van der Waals surface area contributed by atoms with Crippen LogP contribution in [-0.2, 0) is 10.3 Å². The van der Waals surface area contributed by atoms with E-state index in [1.807, 2.05) is 0 Å². The van der Waals surface area contributed by atoms with E-state index in [0.29, 0.717) is 9.36 Å². The first kappa shape index (κ1) is 10.7. The molecule has 1 aromatic heterocycles. The molecule has 0 saturated heterocycles. The average Bonchev–Trinajstić information content (AvgIpc) is 2.26. The average molecular weight is 240 g/mol. The molecule has 0 fully saturated rings. The van der Waals surface area contributed by atoms with Gasteiger partial charge in [-0.05, 0) is 23.6 Å². The summed E-state index contributed by atoms with van der Waals surface area (Å²) in [5.41, 5.74) is -0.0264. The topological polar surface area (TPSA) is 91.9 Å². The highest BCUT2D eigenvalue weighted by Gasteiger charge is 2.12. The molecule has 1 aromatic carbocycles. The zero-order chi connectivity index (χ0) is 11.8. The first-order valence-corrected chi connectivity index (χ1v) is 5.70. The molecular weight excluding hydrogens is 232 g/mol. The van der Waals surface area contributed by atoms with E-state index in [4.69, 9.17) is 9.76 Å². The summed E-state index contributed by atoms with van der Waals surface area (Å²) in [7, 11) is -4.51. The van der Waals surface area contributed by atoms with Gasteiger partial charge in [0.15, 0.2) is 5.49 Å². The molecule has 0 bridgehead atoms.